The minimum atomic E-state index is -0.0546. The molecule has 0 unspecified atom stereocenters. The molecule has 0 saturated carbocycles. The fourth-order valence-electron chi connectivity index (χ4n) is 5.14. The normalized spacial score (nSPS) is 13.7. The highest BCUT2D eigenvalue weighted by Gasteiger charge is 2.24. The van der Waals surface area contributed by atoms with Crippen molar-refractivity contribution < 1.29 is 9.59 Å². The van der Waals surface area contributed by atoms with Gasteiger partial charge in [-0.05, 0) is 53.5 Å². The number of pyridine rings is 1. The predicted molar refractivity (Wildman–Crippen MR) is 148 cm³/mol. The van der Waals surface area contributed by atoms with Crippen molar-refractivity contribution >= 4 is 33.8 Å². The minimum absolute atomic E-state index is 0.0382. The number of hydrogen-bond acceptors (Lipinski definition) is 2. The second kappa shape index (κ2) is 9.13. The molecule has 0 fully saturated rings. The lowest BCUT2D eigenvalue weighted by molar-refractivity contribution is 0.0775. The lowest BCUT2D eigenvalue weighted by Gasteiger charge is -2.27. The van der Waals surface area contributed by atoms with Crippen LogP contribution in [0.4, 0.5) is 0 Å². The first kappa shape index (κ1) is 22.9. The van der Waals surface area contributed by atoms with Gasteiger partial charge in [-0.1, -0.05) is 54.6 Å². The molecule has 6 heteroatoms. The number of fused-ring (bicyclic) bond motifs is 2. The Balaban J connectivity index is 1.30. The van der Waals surface area contributed by atoms with Crippen molar-refractivity contribution in [3.05, 3.63) is 108 Å². The van der Waals surface area contributed by atoms with E-state index >= 15 is 0 Å². The summed E-state index contributed by atoms with van der Waals surface area (Å²) < 4.78 is 2.09. The van der Waals surface area contributed by atoms with E-state index in [4.69, 9.17) is 0 Å². The first-order valence-corrected chi connectivity index (χ1v) is 12.5. The first-order valence-electron chi connectivity index (χ1n) is 12.5. The van der Waals surface area contributed by atoms with E-state index in [0.717, 1.165) is 45.2 Å². The van der Waals surface area contributed by atoms with E-state index in [1.54, 1.807) is 19.0 Å². The third-order valence-corrected chi connectivity index (χ3v) is 7.04. The topological polar surface area (TPSA) is 60.8 Å². The van der Waals surface area contributed by atoms with E-state index in [0.29, 0.717) is 24.3 Å². The first-order chi connectivity index (χ1) is 18.0. The number of nitrogens with zero attached hydrogens (tertiary/aromatic N) is 3. The number of carbonyl (C=O) groups is 2. The maximum absolute atomic E-state index is 13.8. The summed E-state index contributed by atoms with van der Waals surface area (Å²) in [5, 5.41) is 0.993. The Morgan fingerprint density at radius 1 is 0.892 bits per heavy atom. The van der Waals surface area contributed by atoms with E-state index < -0.39 is 0 Å². The zero-order chi connectivity index (χ0) is 25.5. The molecule has 6 nitrogen and oxygen atoms in total. The van der Waals surface area contributed by atoms with Gasteiger partial charge in [0.25, 0.3) is 11.8 Å². The summed E-state index contributed by atoms with van der Waals surface area (Å²) in [5.41, 5.74) is 7.37. The van der Waals surface area contributed by atoms with Crippen LogP contribution in [-0.4, -0.2) is 58.2 Å². The summed E-state index contributed by atoms with van der Waals surface area (Å²) in [6, 6.07) is 26.2. The Bertz CT molecular complexity index is 1670. The number of hydrogen-bond donors (Lipinski definition) is 1. The van der Waals surface area contributed by atoms with Gasteiger partial charge in [-0.15, -0.1) is 0 Å². The van der Waals surface area contributed by atoms with E-state index in [-0.39, 0.29) is 11.8 Å². The maximum Gasteiger partial charge on any atom is 0.269 e. The van der Waals surface area contributed by atoms with Crippen LogP contribution in [0.25, 0.3) is 33.3 Å². The molecule has 2 amide bonds. The highest BCUT2D eigenvalue weighted by atomic mass is 16.2. The van der Waals surface area contributed by atoms with Crippen molar-refractivity contribution in [1.82, 2.24) is 19.2 Å². The molecule has 2 aromatic carbocycles. The number of aromatic nitrogens is 2. The Hall–Kier alpha value is -4.58. The average molecular weight is 489 g/mol. The van der Waals surface area contributed by atoms with Crippen molar-refractivity contribution in [2.45, 2.75) is 6.42 Å². The van der Waals surface area contributed by atoms with Gasteiger partial charge < -0.3 is 19.2 Å². The number of H-pyrrole nitrogens is 1. The molecule has 4 heterocycles. The summed E-state index contributed by atoms with van der Waals surface area (Å²) >= 11 is 0. The Labute approximate surface area is 215 Å². The number of amides is 2. The van der Waals surface area contributed by atoms with Gasteiger partial charge in [0, 0.05) is 44.3 Å². The van der Waals surface area contributed by atoms with E-state index in [9.17, 15) is 9.59 Å². The van der Waals surface area contributed by atoms with E-state index in [2.05, 4.69) is 39.7 Å². The van der Waals surface area contributed by atoms with Gasteiger partial charge in [-0.25, -0.2) is 0 Å². The van der Waals surface area contributed by atoms with Crippen molar-refractivity contribution in [3.63, 3.8) is 0 Å². The fourth-order valence-corrected chi connectivity index (χ4v) is 5.14. The van der Waals surface area contributed by atoms with Crippen LogP contribution in [0.15, 0.2) is 91.1 Å². The highest BCUT2D eigenvalue weighted by Crippen LogP contribution is 2.30. The molecule has 37 heavy (non-hydrogen) atoms. The van der Waals surface area contributed by atoms with Crippen LogP contribution in [-0.2, 0) is 0 Å². The van der Waals surface area contributed by atoms with Crippen molar-refractivity contribution in [1.29, 1.82) is 0 Å². The molecule has 184 valence electrons. The van der Waals surface area contributed by atoms with Crippen molar-refractivity contribution in [3.8, 4) is 11.3 Å². The van der Waals surface area contributed by atoms with Gasteiger partial charge in [0.15, 0.2) is 0 Å². The lowest BCUT2D eigenvalue weighted by atomic mass is 9.99. The molecule has 0 bridgehead atoms. The largest absolute Gasteiger partial charge is 0.351 e. The fraction of sp³-hybridized carbons (Fsp3) is 0.161. The van der Waals surface area contributed by atoms with Gasteiger partial charge in [0.05, 0.1) is 16.8 Å². The molecule has 0 saturated heterocycles. The van der Waals surface area contributed by atoms with Crippen LogP contribution in [0.2, 0.25) is 0 Å². The van der Waals surface area contributed by atoms with Crippen LogP contribution < -0.4 is 0 Å². The van der Waals surface area contributed by atoms with E-state index in [1.807, 2.05) is 65.7 Å². The van der Waals surface area contributed by atoms with Crippen LogP contribution in [0.1, 0.15) is 32.8 Å². The Morgan fingerprint density at radius 3 is 2.51 bits per heavy atom. The van der Waals surface area contributed by atoms with E-state index in [1.165, 1.54) is 0 Å². The zero-order valence-electron chi connectivity index (χ0n) is 20.9. The van der Waals surface area contributed by atoms with Gasteiger partial charge in [-0.3, -0.25) is 9.59 Å². The molecule has 1 aliphatic heterocycles. The number of carbonyl (C=O) groups excluding carboxylic acids is 2. The van der Waals surface area contributed by atoms with Crippen LogP contribution in [0, 0.1) is 0 Å². The van der Waals surface area contributed by atoms with Gasteiger partial charge in [0.1, 0.15) is 5.69 Å². The van der Waals surface area contributed by atoms with Crippen LogP contribution in [0.3, 0.4) is 0 Å². The number of benzene rings is 2. The minimum Gasteiger partial charge on any atom is -0.351 e. The molecule has 0 aliphatic carbocycles. The third-order valence-electron chi connectivity index (χ3n) is 7.04. The number of nitrogens with one attached hydrogen (secondary N) is 1. The predicted octanol–water partition coefficient (Wildman–Crippen LogP) is 5.72. The third kappa shape index (κ3) is 4.10. The van der Waals surface area contributed by atoms with Crippen LogP contribution >= 0.6 is 0 Å². The highest BCUT2D eigenvalue weighted by molar-refractivity contribution is 6.04. The lowest BCUT2D eigenvalue weighted by Crippen LogP contribution is -2.35. The Kier molecular flexibility index (Phi) is 5.64. The van der Waals surface area contributed by atoms with Crippen molar-refractivity contribution in [2.75, 3.05) is 27.2 Å². The molecular formula is C31H28N4O2. The molecular weight excluding hydrogens is 460 g/mol. The molecule has 1 N–H and O–H groups in total. The molecule has 0 atom stereocenters. The van der Waals surface area contributed by atoms with Crippen molar-refractivity contribution in [2.24, 2.45) is 0 Å². The quantitative estimate of drug-likeness (QED) is 0.352. The second-order valence-electron chi connectivity index (χ2n) is 9.69. The number of rotatable bonds is 4. The summed E-state index contributed by atoms with van der Waals surface area (Å²) in [7, 11) is 3.49. The summed E-state index contributed by atoms with van der Waals surface area (Å²) in [5.74, 6) is -0.0163. The van der Waals surface area contributed by atoms with Gasteiger partial charge in [0.2, 0.25) is 0 Å². The van der Waals surface area contributed by atoms with Gasteiger partial charge >= 0.3 is 0 Å². The molecule has 3 aromatic heterocycles. The smallest absolute Gasteiger partial charge is 0.269 e. The van der Waals surface area contributed by atoms with Crippen LogP contribution in [0.5, 0.6) is 0 Å². The summed E-state index contributed by atoms with van der Waals surface area (Å²) in [6.07, 6.45) is 5.02. The molecule has 0 spiro atoms. The second-order valence-corrected chi connectivity index (χ2v) is 9.69. The number of aromatic amines is 1. The Morgan fingerprint density at radius 2 is 1.70 bits per heavy atom. The molecule has 6 rings (SSSR count). The van der Waals surface area contributed by atoms with Gasteiger partial charge in [-0.2, -0.15) is 0 Å². The molecule has 0 radical (unpaired) electrons. The SMILES string of the molecule is CN(C)C(=O)c1cc2ccc(C3=CCCN(C(=O)c4cc(-c5ccccc5)n5ccccc45)C3)cc2[nH]1. The standard InChI is InChI=1S/C31H28N4O2/c1-33(2)31(37)27-18-23-14-13-22(17-26(23)32-27)24-11-8-15-34(20-24)30(36)25-19-29(21-9-4-3-5-10-21)35-16-7-6-12-28(25)35/h3-7,9-14,16-19,32H,8,15,20H2,1-2H3. The molecule has 5 aromatic rings. The summed E-state index contributed by atoms with van der Waals surface area (Å²) in [6.45, 7) is 1.22. The maximum atomic E-state index is 13.8. The zero-order valence-corrected chi connectivity index (χ0v) is 20.9. The summed E-state index contributed by atoms with van der Waals surface area (Å²) in [4.78, 5) is 33.0. The molecule has 1 aliphatic rings. The monoisotopic (exact) mass is 488 g/mol. The average Bonchev–Trinajstić information content (AvgIpc) is 3.54.